The van der Waals surface area contributed by atoms with Crippen LogP contribution in [-0.2, 0) is 28.6 Å². The molecule has 82 heavy (non-hydrogen) atoms. The highest BCUT2D eigenvalue weighted by Crippen LogP contribution is 2.18. The Morgan fingerprint density at radius 2 is 0.476 bits per heavy atom. The summed E-state index contributed by atoms with van der Waals surface area (Å²) in [7, 11) is 0. The number of esters is 3. The minimum absolute atomic E-state index is 0.0918. The van der Waals surface area contributed by atoms with Gasteiger partial charge in [0.05, 0.1) is 0 Å². The van der Waals surface area contributed by atoms with Crippen LogP contribution < -0.4 is 0 Å². The third-order valence-electron chi connectivity index (χ3n) is 15.3. The fourth-order valence-corrected chi connectivity index (χ4v) is 10.1. The van der Waals surface area contributed by atoms with Crippen molar-refractivity contribution in [2.75, 3.05) is 13.2 Å². The first-order valence-electron chi connectivity index (χ1n) is 35.2. The molecule has 1 unspecified atom stereocenters. The van der Waals surface area contributed by atoms with Crippen molar-refractivity contribution in [2.45, 2.75) is 354 Å². The van der Waals surface area contributed by atoms with Crippen LogP contribution >= 0.6 is 0 Å². The van der Waals surface area contributed by atoms with Gasteiger partial charge in [-0.3, -0.25) is 14.4 Å². The Labute approximate surface area is 508 Å². The fraction of sp³-hybridized carbons (Fsp3) is 0.750. The van der Waals surface area contributed by atoms with Gasteiger partial charge in [-0.15, -0.1) is 0 Å². The van der Waals surface area contributed by atoms with E-state index in [0.29, 0.717) is 19.3 Å². The number of carbonyl (C=O) groups is 3. The zero-order valence-corrected chi connectivity index (χ0v) is 54.2. The summed E-state index contributed by atoms with van der Waals surface area (Å²) < 4.78 is 16.9. The monoisotopic (exact) mass is 1140 g/mol. The molecule has 0 aromatic heterocycles. The zero-order valence-electron chi connectivity index (χ0n) is 54.2. The Balaban J connectivity index is 4.30. The van der Waals surface area contributed by atoms with Crippen molar-refractivity contribution in [3.8, 4) is 0 Å². The average Bonchev–Trinajstić information content (AvgIpc) is 3.47. The molecule has 0 fully saturated rings. The Hall–Kier alpha value is -3.67. The number of unbranched alkanes of at least 4 members (excludes halogenated alkanes) is 37. The van der Waals surface area contributed by atoms with Gasteiger partial charge in [0.2, 0.25) is 0 Å². The van der Waals surface area contributed by atoms with Gasteiger partial charge in [0.1, 0.15) is 13.2 Å². The lowest BCUT2D eigenvalue weighted by atomic mass is 10.0. The number of hydrogen-bond acceptors (Lipinski definition) is 6. The number of rotatable bonds is 64. The van der Waals surface area contributed by atoms with Gasteiger partial charge >= 0.3 is 17.9 Å². The van der Waals surface area contributed by atoms with E-state index in [2.05, 4.69) is 118 Å². The van der Waals surface area contributed by atoms with E-state index in [1.54, 1.807) is 0 Å². The molecule has 0 saturated heterocycles. The Morgan fingerprint density at radius 1 is 0.256 bits per heavy atom. The fourth-order valence-electron chi connectivity index (χ4n) is 10.1. The molecule has 0 N–H and O–H groups in total. The number of ether oxygens (including phenoxy) is 3. The van der Waals surface area contributed by atoms with E-state index in [1.165, 1.54) is 193 Å². The molecule has 6 nitrogen and oxygen atoms in total. The van der Waals surface area contributed by atoms with Crippen LogP contribution in [0.5, 0.6) is 0 Å². The van der Waals surface area contributed by atoms with Crippen molar-refractivity contribution in [2.24, 2.45) is 0 Å². The average molecular weight is 1140 g/mol. The lowest BCUT2D eigenvalue weighted by Gasteiger charge is -2.18. The Morgan fingerprint density at radius 3 is 0.768 bits per heavy atom. The van der Waals surface area contributed by atoms with E-state index in [1.807, 2.05) is 0 Å². The molecule has 0 aliphatic heterocycles. The second-order valence-corrected chi connectivity index (χ2v) is 23.4. The van der Waals surface area contributed by atoms with Crippen molar-refractivity contribution in [3.05, 3.63) is 97.2 Å². The third kappa shape index (κ3) is 67.1. The molecule has 0 aliphatic rings. The summed E-state index contributed by atoms with van der Waals surface area (Å²) in [5.74, 6) is -0.928. The van der Waals surface area contributed by atoms with Crippen molar-refractivity contribution in [1.29, 1.82) is 0 Å². The molecular weight excluding hydrogens is 1010 g/mol. The van der Waals surface area contributed by atoms with Gasteiger partial charge in [-0.1, -0.05) is 330 Å². The minimum Gasteiger partial charge on any atom is -0.462 e. The summed E-state index contributed by atoms with van der Waals surface area (Å²) in [6.07, 6.45) is 94.5. The Kier molecular flexibility index (Phi) is 66.7. The minimum atomic E-state index is -0.801. The van der Waals surface area contributed by atoms with Gasteiger partial charge in [-0.25, -0.2) is 0 Å². The maximum Gasteiger partial charge on any atom is 0.306 e. The second-order valence-electron chi connectivity index (χ2n) is 23.4. The molecule has 0 rings (SSSR count). The molecule has 0 aromatic carbocycles. The molecule has 0 aliphatic carbocycles. The van der Waals surface area contributed by atoms with Gasteiger partial charge in [0.25, 0.3) is 0 Å². The first-order valence-corrected chi connectivity index (χ1v) is 35.2. The molecule has 1 atom stereocenters. The van der Waals surface area contributed by atoms with Crippen LogP contribution in [0.4, 0.5) is 0 Å². The van der Waals surface area contributed by atoms with Gasteiger partial charge in [0, 0.05) is 19.3 Å². The summed E-state index contributed by atoms with van der Waals surface area (Å²) >= 11 is 0. The standard InChI is InChI=1S/C76H132O6/c1-4-7-10-13-16-19-22-25-28-30-32-34-35-36-37-38-39-40-42-43-45-48-51-54-57-60-63-66-69-75(78)81-72-73(71-80-74(77)68-65-62-59-56-53-50-47-27-24-21-18-15-12-9-6-3)82-76(79)70-67-64-61-58-55-52-49-46-44-41-33-31-29-26-23-20-17-14-11-8-5-2/h8-9,11-12,17-18,20-21,26-27,29,33,41,47,53,56,73H,4-7,10,13-16,19,22-25,28,30-32,34-40,42-46,48-52,54-55,57-72H2,1-3H3/b11-8-,12-9-,20-17-,21-18-,29-26-,41-33-,47-27-,56-53-. The first-order chi connectivity index (χ1) is 40.5. The van der Waals surface area contributed by atoms with E-state index >= 15 is 0 Å². The van der Waals surface area contributed by atoms with E-state index in [-0.39, 0.29) is 31.1 Å². The van der Waals surface area contributed by atoms with Crippen molar-refractivity contribution < 1.29 is 28.6 Å². The van der Waals surface area contributed by atoms with Crippen LogP contribution in [0.1, 0.15) is 348 Å². The van der Waals surface area contributed by atoms with Crippen LogP contribution in [0.25, 0.3) is 0 Å². The molecule has 472 valence electrons. The first kappa shape index (κ1) is 78.3. The molecule has 0 amide bonds. The number of hydrogen-bond donors (Lipinski definition) is 0. The molecule has 0 spiro atoms. The van der Waals surface area contributed by atoms with Crippen molar-refractivity contribution in [3.63, 3.8) is 0 Å². The van der Waals surface area contributed by atoms with E-state index < -0.39 is 6.10 Å². The van der Waals surface area contributed by atoms with Crippen LogP contribution in [0.15, 0.2) is 97.2 Å². The second kappa shape index (κ2) is 69.8. The van der Waals surface area contributed by atoms with Crippen LogP contribution in [0.2, 0.25) is 0 Å². The number of carbonyl (C=O) groups excluding carboxylic acids is 3. The molecule has 0 bridgehead atoms. The quantitative estimate of drug-likeness (QED) is 0.0261. The lowest BCUT2D eigenvalue weighted by molar-refractivity contribution is -0.167. The highest BCUT2D eigenvalue weighted by atomic mass is 16.6. The highest BCUT2D eigenvalue weighted by Gasteiger charge is 2.19. The van der Waals surface area contributed by atoms with Crippen LogP contribution in [0.3, 0.4) is 0 Å². The third-order valence-corrected chi connectivity index (χ3v) is 15.3. The van der Waals surface area contributed by atoms with E-state index in [4.69, 9.17) is 14.2 Å². The summed E-state index contributed by atoms with van der Waals surface area (Å²) in [5.41, 5.74) is 0. The summed E-state index contributed by atoms with van der Waals surface area (Å²) in [4.78, 5) is 38.4. The summed E-state index contributed by atoms with van der Waals surface area (Å²) in [6, 6.07) is 0. The molecule has 0 aromatic rings. The van der Waals surface area contributed by atoms with Gasteiger partial charge in [-0.05, 0) is 96.3 Å². The lowest BCUT2D eigenvalue weighted by Crippen LogP contribution is -2.30. The molecule has 0 radical (unpaired) electrons. The topological polar surface area (TPSA) is 78.9 Å². The maximum atomic E-state index is 12.9. The summed E-state index contributed by atoms with van der Waals surface area (Å²) in [6.45, 7) is 6.42. The van der Waals surface area contributed by atoms with Crippen molar-refractivity contribution in [1.82, 2.24) is 0 Å². The van der Waals surface area contributed by atoms with Crippen LogP contribution in [-0.4, -0.2) is 37.2 Å². The van der Waals surface area contributed by atoms with Gasteiger partial charge in [-0.2, -0.15) is 0 Å². The smallest absolute Gasteiger partial charge is 0.306 e. The zero-order chi connectivity index (χ0) is 59.2. The molecule has 0 heterocycles. The van der Waals surface area contributed by atoms with Crippen molar-refractivity contribution >= 4 is 17.9 Å². The predicted octanol–water partition coefficient (Wildman–Crippen LogP) is 24.4. The highest BCUT2D eigenvalue weighted by molar-refractivity contribution is 5.71. The van der Waals surface area contributed by atoms with Gasteiger partial charge < -0.3 is 14.2 Å². The molecular formula is C76H132O6. The molecule has 0 saturated carbocycles. The van der Waals surface area contributed by atoms with Crippen LogP contribution in [0, 0.1) is 0 Å². The maximum absolute atomic E-state index is 12.9. The summed E-state index contributed by atoms with van der Waals surface area (Å²) in [5, 5.41) is 0. The molecule has 6 heteroatoms. The van der Waals surface area contributed by atoms with E-state index in [0.717, 1.165) is 116 Å². The normalized spacial score (nSPS) is 12.7. The predicted molar refractivity (Wildman–Crippen MR) is 357 cm³/mol. The largest absolute Gasteiger partial charge is 0.462 e. The van der Waals surface area contributed by atoms with E-state index in [9.17, 15) is 14.4 Å². The number of allylic oxidation sites excluding steroid dienone is 16. The SMILES string of the molecule is CC/C=C\C/C=C\C/C=C\C/C=C\CCCCCCCCCCC(=O)OC(COC(=O)CCCC/C=C\C/C=C\C/C=C\C/C=C\CC)COC(=O)CCCCCCCCCCCCCCCCCCCCCCCCCCCCCC. The Bertz CT molecular complexity index is 1590. The van der Waals surface area contributed by atoms with Gasteiger partial charge in [0.15, 0.2) is 6.10 Å².